The number of fused-ring (bicyclic) bond motifs is 1. The van der Waals surface area contributed by atoms with Crippen LogP contribution in [0.25, 0.3) is 22.6 Å². The van der Waals surface area contributed by atoms with Gasteiger partial charge in [-0.05, 0) is 38.4 Å². The van der Waals surface area contributed by atoms with Crippen molar-refractivity contribution in [1.29, 1.82) is 0 Å². The van der Waals surface area contributed by atoms with E-state index < -0.39 is 16.7 Å². The Morgan fingerprint density at radius 1 is 1.10 bits per heavy atom. The number of alkyl halides is 3. The minimum Gasteiger partial charge on any atom is -0.494 e. The van der Waals surface area contributed by atoms with Crippen LogP contribution in [0.3, 0.4) is 0 Å². The highest BCUT2D eigenvalue weighted by Gasteiger charge is 2.31. The number of nitro benzene ring substituents is 1. The lowest BCUT2D eigenvalue weighted by atomic mass is 10.2. The number of nitro groups is 1. The Kier molecular flexibility index (Phi) is 7.58. The van der Waals surface area contributed by atoms with Gasteiger partial charge in [-0.15, -0.1) is 0 Å². The van der Waals surface area contributed by atoms with Gasteiger partial charge in [0.1, 0.15) is 17.1 Å². The van der Waals surface area contributed by atoms with Crippen molar-refractivity contribution >= 4 is 34.0 Å². The second kappa shape index (κ2) is 10.7. The fourth-order valence-corrected chi connectivity index (χ4v) is 4.02. The Balaban J connectivity index is 1.69. The number of ether oxygens (including phenoxy) is 1. The van der Waals surface area contributed by atoms with Gasteiger partial charge in [-0.3, -0.25) is 10.1 Å². The van der Waals surface area contributed by atoms with Gasteiger partial charge >= 0.3 is 6.18 Å². The summed E-state index contributed by atoms with van der Waals surface area (Å²) in [4.78, 5) is 28.2. The molecule has 0 unspecified atom stereocenters. The number of anilines is 3. The summed E-state index contributed by atoms with van der Waals surface area (Å²) in [7, 11) is 8.71. The average molecular weight is 545 g/mol. The molecule has 4 aromatic rings. The lowest BCUT2D eigenvalue weighted by Crippen LogP contribution is -2.28. The van der Waals surface area contributed by atoms with E-state index in [0.717, 1.165) is 12.1 Å². The molecule has 2 aromatic carbocycles. The Bertz CT molecular complexity index is 1520. The van der Waals surface area contributed by atoms with Gasteiger partial charge in [-0.1, -0.05) is 0 Å². The molecule has 2 aromatic heterocycles. The second-order valence-corrected chi connectivity index (χ2v) is 9.11. The highest BCUT2D eigenvalue weighted by atomic mass is 19.4. The molecule has 0 bridgehead atoms. The van der Waals surface area contributed by atoms with Crippen LogP contribution in [0.2, 0.25) is 0 Å². The van der Waals surface area contributed by atoms with Crippen molar-refractivity contribution < 1.29 is 22.8 Å². The first-order valence-corrected chi connectivity index (χ1v) is 11.8. The third kappa shape index (κ3) is 5.85. The van der Waals surface area contributed by atoms with Crippen LogP contribution in [0.1, 0.15) is 5.56 Å². The van der Waals surface area contributed by atoms with E-state index in [1.807, 2.05) is 19.0 Å². The van der Waals surface area contributed by atoms with Crippen LogP contribution in [0.15, 0.2) is 42.6 Å². The van der Waals surface area contributed by atoms with Crippen LogP contribution in [-0.2, 0) is 13.2 Å². The van der Waals surface area contributed by atoms with E-state index in [2.05, 4.69) is 20.3 Å². The van der Waals surface area contributed by atoms with Gasteiger partial charge < -0.3 is 24.4 Å². The van der Waals surface area contributed by atoms with E-state index >= 15 is 0 Å². The maximum absolute atomic E-state index is 13.2. The van der Waals surface area contributed by atoms with Crippen LogP contribution < -0.4 is 15.0 Å². The van der Waals surface area contributed by atoms with E-state index in [1.165, 1.54) is 25.4 Å². The van der Waals surface area contributed by atoms with Crippen LogP contribution in [0, 0.1) is 10.1 Å². The first-order valence-electron chi connectivity index (χ1n) is 11.8. The number of methoxy groups -OCH3 is 1. The third-order valence-corrected chi connectivity index (χ3v) is 6.13. The maximum atomic E-state index is 13.2. The number of nitrogens with zero attached hydrogens (tertiary/aromatic N) is 7. The number of halogens is 3. The Morgan fingerprint density at radius 3 is 2.49 bits per heavy atom. The summed E-state index contributed by atoms with van der Waals surface area (Å²) in [5.41, 5.74) is 0.732. The molecule has 0 amide bonds. The number of benzene rings is 2. The molecule has 0 fully saturated rings. The zero-order valence-corrected chi connectivity index (χ0v) is 21.9. The highest BCUT2D eigenvalue weighted by molar-refractivity contribution is 5.81. The molecule has 0 saturated heterocycles. The lowest BCUT2D eigenvalue weighted by molar-refractivity contribution is -0.384. The van der Waals surface area contributed by atoms with Gasteiger partial charge in [0.05, 0.1) is 34.3 Å². The van der Waals surface area contributed by atoms with Crippen molar-refractivity contribution in [2.75, 3.05) is 51.6 Å². The third-order valence-electron chi connectivity index (χ3n) is 6.13. The van der Waals surface area contributed by atoms with Crippen LogP contribution >= 0.6 is 0 Å². The minimum absolute atomic E-state index is 0.0943. The van der Waals surface area contributed by atoms with Gasteiger partial charge in [0.25, 0.3) is 5.69 Å². The molecule has 1 N–H and O–H groups in total. The Morgan fingerprint density at radius 2 is 1.85 bits per heavy atom. The monoisotopic (exact) mass is 544 g/mol. The van der Waals surface area contributed by atoms with Crippen LogP contribution in [-0.4, -0.2) is 70.7 Å². The van der Waals surface area contributed by atoms with Gasteiger partial charge in [0.2, 0.25) is 5.95 Å². The zero-order valence-electron chi connectivity index (χ0n) is 21.9. The fraction of sp³-hybridized carbons (Fsp3) is 0.320. The number of hydrogen-bond donors (Lipinski definition) is 1. The van der Waals surface area contributed by atoms with Gasteiger partial charge in [0.15, 0.2) is 5.82 Å². The summed E-state index contributed by atoms with van der Waals surface area (Å²) >= 11 is 0. The molecule has 2 heterocycles. The molecular weight excluding hydrogens is 517 g/mol. The largest absolute Gasteiger partial charge is 0.494 e. The predicted molar refractivity (Wildman–Crippen MR) is 141 cm³/mol. The maximum Gasteiger partial charge on any atom is 0.416 e. The Hall–Kier alpha value is -4.46. The summed E-state index contributed by atoms with van der Waals surface area (Å²) < 4.78 is 46.6. The first kappa shape index (κ1) is 27.6. The van der Waals surface area contributed by atoms with E-state index in [0.29, 0.717) is 41.6 Å². The number of likely N-dealkylation sites (N-methyl/N-ethyl adjacent to an activating group) is 2. The van der Waals surface area contributed by atoms with Gasteiger partial charge in [-0.25, -0.2) is 15.0 Å². The first-order chi connectivity index (χ1) is 18.4. The summed E-state index contributed by atoms with van der Waals surface area (Å²) in [5.74, 6) is 0.756. The van der Waals surface area contributed by atoms with Gasteiger partial charge in [-0.2, -0.15) is 13.2 Å². The zero-order chi connectivity index (χ0) is 28.5. The van der Waals surface area contributed by atoms with E-state index in [9.17, 15) is 23.3 Å². The average Bonchev–Trinajstić information content (AvgIpc) is 3.22. The minimum atomic E-state index is -4.49. The number of imidazole rings is 1. The lowest BCUT2D eigenvalue weighted by Gasteiger charge is -2.22. The number of hydrogen-bond acceptors (Lipinski definition) is 9. The van der Waals surface area contributed by atoms with Gasteiger partial charge in [0, 0.05) is 45.5 Å². The standard InChI is InChI=1S/C25H27F3N8O3/c1-33(2)10-11-34(3)20-14-22(39-5)18(13-21(20)36(37)38)32-24-29-9-8-16(31-24)23-30-17-12-15(25(26,27)28)6-7-19(17)35(23)4/h6-9,12-14H,10-11H2,1-5H3,(H,29,31,32). The van der Waals surface area contributed by atoms with Crippen molar-refractivity contribution in [1.82, 2.24) is 24.4 Å². The number of rotatable bonds is 9. The molecule has 4 rings (SSSR count). The molecule has 0 aliphatic rings. The number of aromatic nitrogens is 4. The molecule has 11 nitrogen and oxygen atoms in total. The normalized spacial score (nSPS) is 11.7. The highest BCUT2D eigenvalue weighted by Crippen LogP contribution is 2.39. The fourth-order valence-electron chi connectivity index (χ4n) is 4.02. The molecule has 0 aliphatic heterocycles. The van der Waals surface area contributed by atoms with Crippen molar-refractivity contribution in [2.45, 2.75) is 6.18 Å². The summed E-state index contributed by atoms with van der Waals surface area (Å²) in [6.07, 6.45) is -3.04. The molecule has 0 radical (unpaired) electrons. The SMILES string of the molecule is COc1cc(N(C)CCN(C)C)c([N+](=O)[O-])cc1Nc1nccc(-c2nc3cc(C(F)(F)F)ccc3n2C)n1. The van der Waals surface area contributed by atoms with Crippen LogP contribution in [0.5, 0.6) is 5.75 Å². The quantitative estimate of drug-likeness (QED) is 0.236. The number of nitrogens with one attached hydrogen (secondary N) is 1. The predicted octanol–water partition coefficient (Wildman–Crippen LogP) is 4.71. The Labute approximate surface area is 222 Å². The summed E-state index contributed by atoms with van der Waals surface area (Å²) in [5, 5.41) is 14.9. The molecule has 0 spiro atoms. The molecule has 0 saturated carbocycles. The van der Waals surface area contributed by atoms with E-state index in [4.69, 9.17) is 4.74 Å². The topological polar surface area (TPSA) is 114 Å². The molecule has 14 heteroatoms. The summed E-state index contributed by atoms with van der Waals surface area (Å²) in [6.45, 7) is 1.24. The second-order valence-electron chi connectivity index (χ2n) is 9.11. The summed E-state index contributed by atoms with van der Waals surface area (Å²) in [6, 6.07) is 7.84. The van der Waals surface area contributed by atoms with E-state index in [1.54, 1.807) is 35.7 Å². The van der Waals surface area contributed by atoms with Crippen molar-refractivity contribution in [3.63, 3.8) is 0 Å². The smallest absolute Gasteiger partial charge is 0.416 e. The van der Waals surface area contributed by atoms with Crippen molar-refractivity contribution in [3.05, 3.63) is 58.3 Å². The molecule has 39 heavy (non-hydrogen) atoms. The molecule has 0 aliphatic carbocycles. The van der Waals surface area contributed by atoms with Crippen molar-refractivity contribution in [3.8, 4) is 17.3 Å². The number of aryl methyl sites for hydroxylation is 1. The molecular formula is C25H27F3N8O3. The molecule has 0 atom stereocenters. The van der Waals surface area contributed by atoms with Crippen LogP contribution in [0.4, 0.5) is 36.2 Å². The van der Waals surface area contributed by atoms with Crippen molar-refractivity contribution in [2.24, 2.45) is 7.05 Å². The van der Waals surface area contributed by atoms with E-state index in [-0.39, 0.29) is 22.8 Å². The molecule has 206 valence electrons.